The summed E-state index contributed by atoms with van der Waals surface area (Å²) in [6.45, 7) is 0.507. The van der Waals surface area contributed by atoms with E-state index in [2.05, 4.69) is 5.32 Å². The van der Waals surface area contributed by atoms with E-state index in [-0.39, 0.29) is 47.6 Å². The van der Waals surface area contributed by atoms with Gasteiger partial charge in [-0.2, -0.15) is 0 Å². The molecule has 0 aliphatic carbocycles. The van der Waals surface area contributed by atoms with Crippen LogP contribution in [0.5, 0.6) is 0 Å². The summed E-state index contributed by atoms with van der Waals surface area (Å²) in [4.78, 5) is 36.4. The molecule has 1 fully saturated rings. The van der Waals surface area contributed by atoms with Gasteiger partial charge in [-0.05, 0) is 29.8 Å². The van der Waals surface area contributed by atoms with Crippen LogP contribution in [0.2, 0.25) is 5.02 Å². The summed E-state index contributed by atoms with van der Waals surface area (Å²) in [6, 6.07) is 9.76. The van der Waals surface area contributed by atoms with Crippen LogP contribution in [0.15, 0.2) is 42.5 Å². The third-order valence-electron chi connectivity index (χ3n) is 4.28. The molecule has 1 heterocycles. The third kappa shape index (κ3) is 4.40. The average Bonchev–Trinajstić information content (AvgIpc) is 2.99. The number of anilines is 1. The molecule has 1 N–H and O–H groups in total. The summed E-state index contributed by atoms with van der Waals surface area (Å²) in [7, 11) is 0. The van der Waals surface area contributed by atoms with E-state index in [9.17, 15) is 24.1 Å². The molecule has 140 valence electrons. The van der Waals surface area contributed by atoms with Gasteiger partial charge >= 0.3 is 0 Å². The predicted molar refractivity (Wildman–Crippen MR) is 96.7 cm³/mol. The van der Waals surface area contributed by atoms with Gasteiger partial charge < -0.3 is 10.2 Å². The number of benzene rings is 2. The molecule has 9 heteroatoms. The van der Waals surface area contributed by atoms with Gasteiger partial charge in [-0.25, -0.2) is 4.39 Å². The van der Waals surface area contributed by atoms with Gasteiger partial charge in [0.15, 0.2) is 0 Å². The number of nitrogens with one attached hydrogen (secondary N) is 1. The lowest BCUT2D eigenvalue weighted by molar-refractivity contribution is -0.384. The van der Waals surface area contributed by atoms with E-state index in [0.29, 0.717) is 0 Å². The Bertz CT molecular complexity index is 904. The number of hydrogen-bond donors (Lipinski definition) is 1. The van der Waals surface area contributed by atoms with Crippen molar-refractivity contribution < 1.29 is 18.9 Å². The van der Waals surface area contributed by atoms with Gasteiger partial charge in [0.1, 0.15) is 10.8 Å². The Morgan fingerprint density at radius 2 is 2.00 bits per heavy atom. The Balaban J connectivity index is 1.64. The fraction of sp³-hybridized carbons (Fsp3) is 0.222. The van der Waals surface area contributed by atoms with Gasteiger partial charge in [0.25, 0.3) is 5.69 Å². The second-order valence-corrected chi connectivity index (χ2v) is 6.62. The van der Waals surface area contributed by atoms with Gasteiger partial charge in [-0.3, -0.25) is 19.7 Å². The summed E-state index contributed by atoms with van der Waals surface area (Å²) in [6.07, 6.45) is 0.0444. The van der Waals surface area contributed by atoms with E-state index in [0.717, 1.165) is 5.56 Å². The van der Waals surface area contributed by atoms with E-state index < -0.39 is 16.7 Å². The second-order valence-electron chi connectivity index (χ2n) is 6.21. The lowest BCUT2D eigenvalue weighted by Gasteiger charge is -2.16. The number of rotatable bonds is 5. The molecular weight excluding hydrogens is 377 g/mol. The lowest BCUT2D eigenvalue weighted by Crippen LogP contribution is -2.28. The topological polar surface area (TPSA) is 92.5 Å². The summed E-state index contributed by atoms with van der Waals surface area (Å²) in [5, 5.41) is 13.5. The molecule has 2 amide bonds. The molecule has 0 saturated carbocycles. The third-order valence-corrected chi connectivity index (χ3v) is 4.60. The van der Waals surface area contributed by atoms with E-state index in [1.54, 1.807) is 12.1 Å². The summed E-state index contributed by atoms with van der Waals surface area (Å²) < 4.78 is 13.0. The lowest BCUT2D eigenvalue weighted by atomic mass is 10.1. The molecule has 0 bridgehead atoms. The van der Waals surface area contributed by atoms with Crippen molar-refractivity contribution in [1.82, 2.24) is 4.90 Å². The Morgan fingerprint density at radius 1 is 1.30 bits per heavy atom. The maximum Gasteiger partial charge on any atom is 0.289 e. The maximum absolute atomic E-state index is 13.0. The Morgan fingerprint density at radius 3 is 2.67 bits per heavy atom. The fourth-order valence-corrected chi connectivity index (χ4v) is 3.07. The van der Waals surface area contributed by atoms with Crippen LogP contribution in [0.25, 0.3) is 0 Å². The number of likely N-dealkylation sites (tertiary alicyclic amines) is 1. The monoisotopic (exact) mass is 391 g/mol. The highest BCUT2D eigenvalue weighted by atomic mass is 35.5. The smallest absolute Gasteiger partial charge is 0.289 e. The number of halogens is 2. The first-order chi connectivity index (χ1) is 12.8. The van der Waals surface area contributed by atoms with Gasteiger partial charge in [-0.1, -0.05) is 23.7 Å². The van der Waals surface area contributed by atoms with E-state index >= 15 is 0 Å². The van der Waals surface area contributed by atoms with Crippen molar-refractivity contribution >= 4 is 34.8 Å². The fourth-order valence-electron chi connectivity index (χ4n) is 2.89. The molecule has 1 unspecified atom stereocenters. The number of hydrogen-bond acceptors (Lipinski definition) is 4. The summed E-state index contributed by atoms with van der Waals surface area (Å²) in [5.41, 5.74) is 0.689. The van der Waals surface area contributed by atoms with E-state index in [1.165, 1.54) is 35.2 Å². The molecule has 2 aromatic carbocycles. The van der Waals surface area contributed by atoms with Gasteiger partial charge in [0.05, 0.1) is 10.8 Å². The minimum absolute atomic E-state index is 0.0282. The highest BCUT2D eigenvalue weighted by Gasteiger charge is 2.34. The molecule has 3 rings (SSSR count). The van der Waals surface area contributed by atoms with Crippen LogP contribution in [-0.4, -0.2) is 28.2 Å². The first-order valence-corrected chi connectivity index (χ1v) is 8.48. The van der Waals surface area contributed by atoms with Crippen molar-refractivity contribution in [1.29, 1.82) is 0 Å². The van der Waals surface area contributed by atoms with Gasteiger partial charge in [-0.15, -0.1) is 0 Å². The Labute approximate surface area is 158 Å². The number of nitro benzene ring substituents is 1. The van der Waals surface area contributed by atoms with Crippen molar-refractivity contribution in [3.05, 3.63) is 69.0 Å². The van der Waals surface area contributed by atoms with E-state index in [1.807, 2.05) is 0 Å². The molecule has 0 radical (unpaired) electrons. The molecular formula is C18H15ClFN3O4. The normalized spacial score (nSPS) is 16.4. The van der Waals surface area contributed by atoms with Gasteiger partial charge in [0, 0.05) is 31.3 Å². The molecule has 0 spiro atoms. The minimum Gasteiger partial charge on any atom is -0.338 e. The number of carbonyl (C=O) groups excluding carboxylic acids is 2. The predicted octanol–water partition coefficient (Wildman–Crippen LogP) is 3.37. The number of nitrogens with zero attached hydrogens (tertiary/aromatic N) is 2. The standard InChI is InChI=1S/C18H15ClFN3O4/c19-15-6-5-14(8-16(15)23(26)27)21-18(25)12-7-17(24)22(10-12)9-11-1-3-13(20)4-2-11/h1-6,8,12H,7,9-10H2,(H,21,25). The average molecular weight is 392 g/mol. The summed E-state index contributed by atoms with van der Waals surface area (Å²) >= 11 is 5.75. The number of carbonyl (C=O) groups is 2. The first-order valence-electron chi connectivity index (χ1n) is 8.10. The van der Waals surface area contributed by atoms with E-state index in [4.69, 9.17) is 11.6 Å². The molecule has 2 aromatic rings. The second kappa shape index (κ2) is 7.71. The quantitative estimate of drug-likeness (QED) is 0.624. The van der Waals surface area contributed by atoms with Crippen LogP contribution in [-0.2, 0) is 16.1 Å². The van der Waals surface area contributed by atoms with Crippen molar-refractivity contribution in [2.45, 2.75) is 13.0 Å². The summed E-state index contributed by atoms with van der Waals surface area (Å²) in [5.74, 6) is -1.52. The number of nitro groups is 1. The zero-order chi connectivity index (χ0) is 19.6. The van der Waals surface area contributed by atoms with Crippen LogP contribution >= 0.6 is 11.6 Å². The highest BCUT2D eigenvalue weighted by molar-refractivity contribution is 6.32. The van der Waals surface area contributed by atoms with Gasteiger partial charge in [0.2, 0.25) is 11.8 Å². The van der Waals surface area contributed by atoms with Crippen LogP contribution in [0.3, 0.4) is 0 Å². The molecule has 27 heavy (non-hydrogen) atoms. The molecule has 7 nitrogen and oxygen atoms in total. The van der Waals surface area contributed by atoms with Crippen molar-refractivity contribution in [3.8, 4) is 0 Å². The Hall–Kier alpha value is -3.00. The van der Waals surface area contributed by atoms with Crippen LogP contribution in [0.1, 0.15) is 12.0 Å². The van der Waals surface area contributed by atoms with Crippen molar-refractivity contribution in [2.75, 3.05) is 11.9 Å². The first kappa shape index (κ1) is 18.8. The zero-order valence-electron chi connectivity index (χ0n) is 14.0. The minimum atomic E-state index is -0.637. The Kier molecular flexibility index (Phi) is 5.36. The molecule has 1 aliphatic heterocycles. The molecule has 1 saturated heterocycles. The number of amides is 2. The zero-order valence-corrected chi connectivity index (χ0v) is 14.8. The SMILES string of the molecule is O=C(Nc1ccc(Cl)c([N+](=O)[O-])c1)C1CC(=O)N(Cc2ccc(F)cc2)C1. The van der Waals surface area contributed by atoms with Crippen molar-refractivity contribution in [2.24, 2.45) is 5.92 Å². The highest BCUT2D eigenvalue weighted by Crippen LogP contribution is 2.28. The molecule has 0 aromatic heterocycles. The maximum atomic E-state index is 13.0. The largest absolute Gasteiger partial charge is 0.338 e. The van der Waals surface area contributed by atoms with Crippen LogP contribution < -0.4 is 5.32 Å². The van der Waals surface area contributed by atoms with Crippen LogP contribution in [0, 0.1) is 21.8 Å². The molecule has 1 aliphatic rings. The molecule has 1 atom stereocenters. The van der Waals surface area contributed by atoms with Crippen molar-refractivity contribution in [3.63, 3.8) is 0 Å². The van der Waals surface area contributed by atoms with Crippen LogP contribution in [0.4, 0.5) is 15.8 Å².